The zero-order valence-corrected chi connectivity index (χ0v) is 17.3. The molecule has 0 aliphatic heterocycles. The molecule has 0 bridgehead atoms. The van der Waals surface area contributed by atoms with E-state index in [0.29, 0.717) is 15.2 Å². The van der Waals surface area contributed by atoms with Crippen molar-refractivity contribution in [2.45, 2.75) is 6.42 Å². The molecular weight excluding hydrogens is 455 g/mol. The highest BCUT2D eigenvalue weighted by molar-refractivity contribution is 9.10. The number of hydrogen-bond donors (Lipinski definition) is 1. The Morgan fingerprint density at radius 2 is 1.92 bits per heavy atom. The molecule has 0 aliphatic carbocycles. The normalized spacial score (nSPS) is 11.0. The lowest BCUT2D eigenvalue weighted by Gasteiger charge is -1.99. The maximum atomic E-state index is 12.0. The van der Waals surface area contributed by atoms with Gasteiger partial charge in [-0.2, -0.15) is 0 Å². The van der Waals surface area contributed by atoms with E-state index in [4.69, 9.17) is 23.2 Å². The largest absolute Gasteiger partial charge is 0.298 e. The molecule has 1 heterocycles. The van der Waals surface area contributed by atoms with Crippen LogP contribution < -0.4 is 5.32 Å². The van der Waals surface area contributed by atoms with E-state index < -0.39 is 0 Å². The molecule has 1 N–H and O–H groups in total. The fourth-order valence-electron chi connectivity index (χ4n) is 2.19. The van der Waals surface area contributed by atoms with E-state index in [1.54, 1.807) is 30.5 Å². The molecule has 0 spiro atoms. The van der Waals surface area contributed by atoms with Gasteiger partial charge in [-0.3, -0.25) is 10.1 Å². The van der Waals surface area contributed by atoms with Gasteiger partial charge in [0.1, 0.15) is 0 Å². The standard InChI is InChI=1S/C19H13BrCl2N2OS/c20-14-5-1-12(2-6-14)9-15-11-23-19(26-15)24-18(25)8-4-13-3-7-16(21)17(22)10-13/h1-8,10-11H,9H2,(H,23,24,25). The van der Waals surface area contributed by atoms with Gasteiger partial charge >= 0.3 is 0 Å². The number of carbonyl (C=O) groups excluding carboxylic acids is 1. The van der Waals surface area contributed by atoms with Crippen LogP contribution in [0, 0.1) is 0 Å². The summed E-state index contributed by atoms with van der Waals surface area (Å²) in [5.74, 6) is -0.249. The van der Waals surface area contributed by atoms with Crippen LogP contribution in [-0.4, -0.2) is 10.9 Å². The quantitative estimate of drug-likeness (QED) is 0.437. The Kier molecular flexibility index (Phi) is 6.48. The lowest BCUT2D eigenvalue weighted by atomic mass is 10.1. The Labute approximate surface area is 173 Å². The lowest BCUT2D eigenvalue weighted by Crippen LogP contribution is -2.07. The Hall–Kier alpha value is -1.66. The molecular formula is C19H13BrCl2N2OS. The minimum atomic E-state index is -0.249. The van der Waals surface area contributed by atoms with Crippen molar-refractivity contribution >= 4 is 67.6 Å². The molecule has 132 valence electrons. The van der Waals surface area contributed by atoms with Gasteiger partial charge in [0, 0.05) is 28.0 Å². The molecule has 0 radical (unpaired) electrons. The summed E-state index contributed by atoms with van der Waals surface area (Å²) >= 11 is 16.7. The van der Waals surface area contributed by atoms with Crippen LogP contribution >= 0.6 is 50.5 Å². The third-order valence-corrected chi connectivity index (χ3v) is 5.63. The number of benzene rings is 2. The highest BCUT2D eigenvalue weighted by Gasteiger charge is 2.06. The average Bonchev–Trinajstić information content (AvgIpc) is 3.05. The Morgan fingerprint density at radius 3 is 2.65 bits per heavy atom. The van der Waals surface area contributed by atoms with Gasteiger partial charge < -0.3 is 0 Å². The molecule has 1 amide bonds. The SMILES string of the molecule is O=C(C=Cc1ccc(Cl)c(Cl)c1)Nc1ncc(Cc2ccc(Br)cc2)s1. The summed E-state index contributed by atoms with van der Waals surface area (Å²) in [7, 11) is 0. The van der Waals surface area contributed by atoms with E-state index in [2.05, 4.69) is 38.4 Å². The smallest absolute Gasteiger partial charge is 0.250 e. The summed E-state index contributed by atoms with van der Waals surface area (Å²) in [6.07, 6.45) is 5.67. The van der Waals surface area contributed by atoms with Crippen LogP contribution in [0.1, 0.15) is 16.0 Å². The van der Waals surface area contributed by atoms with E-state index >= 15 is 0 Å². The first-order valence-corrected chi connectivity index (χ1v) is 9.99. The first-order chi connectivity index (χ1) is 12.5. The predicted molar refractivity (Wildman–Crippen MR) is 113 cm³/mol. The van der Waals surface area contributed by atoms with Crippen molar-refractivity contribution in [3.8, 4) is 0 Å². The van der Waals surface area contributed by atoms with E-state index in [0.717, 1.165) is 21.3 Å². The number of amides is 1. The third kappa shape index (κ3) is 5.42. The van der Waals surface area contributed by atoms with Crippen molar-refractivity contribution in [1.29, 1.82) is 0 Å². The molecule has 3 aromatic rings. The molecule has 0 unspecified atom stereocenters. The molecule has 0 saturated heterocycles. The maximum Gasteiger partial charge on any atom is 0.250 e. The number of halogens is 3. The van der Waals surface area contributed by atoms with Crippen LogP contribution in [0.25, 0.3) is 6.08 Å². The summed E-state index contributed by atoms with van der Waals surface area (Å²) < 4.78 is 1.05. The van der Waals surface area contributed by atoms with E-state index in [1.807, 2.05) is 12.1 Å². The molecule has 3 rings (SSSR count). The number of thiazole rings is 1. The van der Waals surface area contributed by atoms with Crippen LogP contribution in [0.2, 0.25) is 10.0 Å². The molecule has 7 heteroatoms. The van der Waals surface area contributed by atoms with E-state index in [9.17, 15) is 4.79 Å². The molecule has 2 aromatic carbocycles. The van der Waals surface area contributed by atoms with E-state index in [1.165, 1.54) is 23.0 Å². The third-order valence-electron chi connectivity index (χ3n) is 3.45. The molecule has 0 saturated carbocycles. The molecule has 0 aliphatic rings. The lowest BCUT2D eigenvalue weighted by molar-refractivity contribution is -0.111. The number of aromatic nitrogens is 1. The highest BCUT2D eigenvalue weighted by Crippen LogP contribution is 2.24. The fourth-order valence-corrected chi connectivity index (χ4v) is 3.61. The van der Waals surface area contributed by atoms with Crippen LogP contribution in [0.3, 0.4) is 0 Å². The van der Waals surface area contributed by atoms with Crippen molar-refractivity contribution in [2.24, 2.45) is 0 Å². The van der Waals surface area contributed by atoms with Crippen molar-refractivity contribution in [3.63, 3.8) is 0 Å². The van der Waals surface area contributed by atoms with Crippen molar-refractivity contribution < 1.29 is 4.79 Å². The number of anilines is 1. The number of nitrogens with zero attached hydrogens (tertiary/aromatic N) is 1. The zero-order chi connectivity index (χ0) is 18.5. The maximum absolute atomic E-state index is 12.0. The number of nitrogens with one attached hydrogen (secondary N) is 1. The summed E-state index contributed by atoms with van der Waals surface area (Å²) in [4.78, 5) is 17.4. The van der Waals surface area contributed by atoms with Crippen molar-refractivity contribution in [1.82, 2.24) is 4.98 Å². The van der Waals surface area contributed by atoms with E-state index in [-0.39, 0.29) is 5.91 Å². The van der Waals surface area contributed by atoms with Gasteiger partial charge in [-0.25, -0.2) is 4.98 Å². The molecule has 3 nitrogen and oxygen atoms in total. The van der Waals surface area contributed by atoms with Crippen molar-refractivity contribution in [3.05, 3.63) is 85.3 Å². The van der Waals surface area contributed by atoms with Crippen molar-refractivity contribution in [2.75, 3.05) is 5.32 Å². The average molecular weight is 468 g/mol. The van der Waals surface area contributed by atoms with Gasteiger partial charge in [-0.15, -0.1) is 11.3 Å². The second-order valence-corrected chi connectivity index (χ2v) is 8.28. The second-order valence-electron chi connectivity index (χ2n) is 5.43. The van der Waals surface area contributed by atoms with Crippen LogP contribution in [0.4, 0.5) is 5.13 Å². The highest BCUT2D eigenvalue weighted by atomic mass is 79.9. The van der Waals surface area contributed by atoms with Crippen LogP contribution in [-0.2, 0) is 11.2 Å². The molecule has 0 atom stereocenters. The van der Waals surface area contributed by atoms with Gasteiger partial charge in [0.15, 0.2) is 5.13 Å². The topological polar surface area (TPSA) is 42.0 Å². The number of rotatable bonds is 5. The monoisotopic (exact) mass is 466 g/mol. The number of hydrogen-bond acceptors (Lipinski definition) is 3. The van der Waals surface area contributed by atoms with Gasteiger partial charge in [0.25, 0.3) is 0 Å². The fraction of sp³-hybridized carbons (Fsp3) is 0.0526. The molecule has 26 heavy (non-hydrogen) atoms. The van der Waals surface area contributed by atoms with Gasteiger partial charge in [0.2, 0.25) is 5.91 Å². The minimum Gasteiger partial charge on any atom is -0.298 e. The summed E-state index contributed by atoms with van der Waals surface area (Å²) in [5.41, 5.74) is 1.99. The summed E-state index contributed by atoms with van der Waals surface area (Å²) in [6.45, 7) is 0. The Bertz CT molecular complexity index is 954. The summed E-state index contributed by atoms with van der Waals surface area (Å²) in [6, 6.07) is 13.3. The number of carbonyl (C=O) groups is 1. The Balaban J connectivity index is 1.59. The predicted octanol–water partition coefficient (Wildman–Crippen LogP) is 6.46. The zero-order valence-electron chi connectivity index (χ0n) is 13.4. The Morgan fingerprint density at radius 1 is 1.15 bits per heavy atom. The van der Waals surface area contributed by atoms with Gasteiger partial charge in [-0.05, 0) is 41.5 Å². The summed E-state index contributed by atoms with van der Waals surface area (Å²) in [5, 5.41) is 4.27. The first-order valence-electron chi connectivity index (χ1n) is 7.63. The molecule has 0 fully saturated rings. The molecule has 1 aromatic heterocycles. The van der Waals surface area contributed by atoms with Crippen LogP contribution in [0.15, 0.2) is 59.2 Å². The minimum absolute atomic E-state index is 0.249. The van der Waals surface area contributed by atoms with Crippen LogP contribution in [0.5, 0.6) is 0 Å². The first kappa shape index (κ1) is 19.1. The van der Waals surface area contributed by atoms with Gasteiger partial charge in [0.05, 0.1) is 10.0 Å². The van der Waals surface area contributed by atoms with Gasteiger partial charge in [-0.1, -0.05) is 57.3 Å². The second kappa shape index (κ2) is 8.82.